The van der Waals surface area contributed by atoms with Gasteiger partial charge in [-0.1, -0.05) is 30.9 Å². The van der Waals surface area contributed by atoms with Crippen LogP contribution in [0.15, 0.2) is 24.7 Å². The van der Waals surface area contributed by atoms with Gasteiger partial charge in [0.1, 0.15) is 17.3 Å². The number of hydrogen-bond acceptors (Lipinski definition) is 4. The number of nitriles is 1. The third-order valence-corrected chi connectivity index (χ3v) is 5.92. The van der Waals surface area contributed by atoms with Crippen molar-refractivity contribution in [3.8, 4) is 17.3 Å². The van der Waals surface area contributed by atoms with Gasteiger partial charge in [0.05, 0.1) is 14.1 Å². The number of rotatable bonds is 3. The molecule has 26 heavy (non-hydrogen) atoms. The minimum absolute atomic E-state index is 0.167. The number of fused-ring (bicyclic) bond motifs is 1. The lowest BCUT2D eigenvalue weighted by molar-refractivity contribution is 0.322. The standard InChI is InChI=1S/C19H17ClIN5/c20-14-6-13(8-23-9-14)17-19-18(25-16(7-22)24-17)15(21)11-26(19)10-12-4-2-1-3-5-12/h6,8-9,11-12H,1-5,10H2. The summed E-state index contributed by atoms with van der Waals surface area (Å²) in [4.78, 5) is 13.2. The van der Waals surface area contributed by atoms with Crippen LogP contribution in [0.3, 0.4) is 0 Å². The van der Waals surface area contributed by atoms with Gasteiger partial charge in [-0.05, 0) is 47.4 Å². The number of halogens is 2. The normalized spacial score (nSPS) is 15.3. The Balaban J connectivity index is 1.89. The molecule has 132 valence electrons. The lowest BCUT2D eigenvalue weighted by Crippen LogP contribution is -2.14. The van der Waals surface area contributed by atoms with Crippen LogP contribution in [0.2, 0.25) is 5.02 Å². The van der Waals surface area contributed by atoms with Crippen molar-refractivity contribution in [3.05, 3.63) is 39.1 Å². The van der Waals surface area contributed by atoms with Gasteiger partial charge < -0.3 is 4.57 Å². The molecule has 1 aliphatic carbocycles. The molecule has 0 aromatic carbocycles. The molecule has 5 nitrogen and oxygen atoms in total. The van der Waals surface area contributed by atoms with Crippen molar-refractivity contribution in [1.29, 1.82) is 5.26 Å². The third kappa shape index (κ3) is 3.42. The molecule has 0 aliphatic heterocycles. The van der Waals surface area contributed by atoms with Crippen LogP contribution in [0, 0.1) is 20.8 Å². The van der Waals surface area contributed by atoms with Crippen molar-refractivity contribution in [2.75, 3.05) is 0 Å². The Morgan fingerprint density at radius 2 is 2.04 bits per heavy atom. The Morgan fingerprint density at radius 3 is 2.77 bits per heavy atom. The first-order chi connectivity index (χ1) is 12.7. The number of nitrogens with zero attached hydrogens (tertiary/aromatic N) is 5. The summed E-state index contributed by atoms with van der Waals surface area (Å²) in [6, 6.07) is 3.91. The highest BCUT2D eigenvalue weighted by molar-refractivity contribution is 14.1. The average Bonchev–Trinajstić information content (AvgIpc) is 2.97. The molecule has 3 aromatic rings. The van der Waals surface area contributed by atoms with Crippen molar-refractivity contribution < 1.29 is 0 Å². The second kappa shape index (κ2) is 7.49. The molecule has 1 fully saturated rings. The molecule has 0 unspecified atom stereocenters. The maximum Gasteiger partial charge on any atom is 0.233 e. The van der Waals surface area contributed by atoms with Crippen LogP contribution in [0.4, 0.5) is 0 Å². The average molecular weight is 478 g/mol. The summed E-state index contributed by atoms with van der Waals surface area (Å²) in [5.41, 5.74) is 3.31. The maximum absolute atomic E-state index is 9.36. The Kier molecular flexibility index (Phi) is 5.09. The van der Waals surface area contributed by atoms with E-state index in [1.165, 1.54) is 32.1 Å². The van der Waals surface area contributed by atoms with E-state index in [1.54, 1.807) is 12.4 Å². The summed E-state index contributed by atoms with van der Waals surface area (Å²) in [7, 11) is 0. The van der Waals surface area contributed by atoms with Gasteiger partial charge in [0, 0.05) is 30.7 Å². The van der Waals surface area contributed by atoms with Crippen LogP contribution >= 0.6 is 34.2 Å². The van der Waals surface area contributed by atoms with Gasteiger partial charge in [0.25, 0.3) is 0 Å². The van der Waals surface area contributed by atoms with Crippen LogP contribution in [0.1, 0.15) is 37.9 Å². The van der Waals surface area contributed by atoms with Crippen molar-refractivity contribution in [1.82, 2.24) is 19.5 Å². The summed E-state index contributed by atoms with van der Waals surface area (Å²) >= 11 is 8.43. The number of hydrogen-bond donors (Lipinski definition) is 0. The number of pyridine rings is 1. The van der Waals surface area contributed by atoms with Gasteiger partial charge in [-0.15, -0.1) is 0 Å². The lowest BCUT2D eigenvalue weighted by atomic mass is 9.89. The zero-order valence-electron chi connectivity index (χ0n) is 14.1. The minimum Gasteiger partial charge on any atom is -0.343 e. The van der Waals surface area contributed by atoms with E-state index in [4.69, 9.17) is 11.6 Å². The van der Waals surface area contributed by atoms with Crippen molar-refractivity contribution in [3.63, 3.8) is 0 Å². The summed E-state index contributed by atoms with van der Waals surface area (Å²) in [5.74, 6) is 0.844. The Hall–Kier alpha value is -1.72. The molecule has 0 amide bonds. The Morgan fingerprint density at radius 1 is 1.23 bits per heavy atom. The molecule has 0 saturated heterocycles. The Bertz CT molecular complexity index is 1000. The molecular weight excluding hydrogens is 461 g/mol. The van der Waals surface area contributed by atoms with E-state index in [-0.39, 0.29) is 5.82 Å². The first-order valence-corrected chi connectivity index (χ1v) is 10.2. The third-order valence-electron chi connectivity index (χ3n) is 4.92. The lowest BCUT2D eigenvalue weighted by Gasteiger charge is -2.22. The molecule has 1 saturated carbocycles. The molecule has 0 atom stereocenters. The van der Waals surface area contributed by atoms with Gasteiger partial charge in [-0.3, -0.25) is 4.98 Å². The predicted octanol–water partition coefficient (Wildman–Crippen LogP) is 5.20. The van der Waals surface area contributed by atoms with Gasteiger partial charge in [0.2, 0.25) is 5.82 Å². The van der Waals surface area contributed by atoms with Gasteiger partial charge in [0.15, 0.2) is 0 Å². The smallest absolute Gasteiger partial charge is 0.233 e. The van der Waals surface area contributed by atoms with Crippen LogP contribution in [-0.2, 0) is 6.54 Å². The molecule has 1 aliphatic rings. The molecule has 7 heteroatoms. The van der Waals surface area contributed by atoms with E-state index in [2.05, 4.69) is 54.4 Å². The van der Waals surface area contributed by atoms with Crippen LogP contribution in [0.5, 0.6) is 0 Å². The van der Waals surface area contributed by atoms with Crippen molar-refractivity contribution >= 4 is 45.2 Å². The van der Waals surface area contributed by atoms with Crippen LogP contribution in [0.25, 0.3) is 22.3 Å². The van der Waals surface area contributed by atoms with E-state index in [0.29, 0.717) is 10.9 Å². The van der Waals surface area contributed by atoms with Gasteiger partial charge in [-0.2, -0.15) is 5.26 Å². The summed E-state index contributed by atoms with van der Waals surface area (Å²) < 4.78 is 3.29. The molecule has 0 radical (unpaired) electrons. The maximum atomic E-state index is 9.36. The minimum atomic E-state index is 0.167. The Labute approximate surface area is 170 Å². The summed E-state index contributed by atoms with van der Waals surface area (Å²) in [6.45, 7) is 0.954. The number of aromatic nitrogens is 4. The molecule has 3 aromatic heterocycles. The zero-order valence-corrected chi connectivity index (χ0v) is 17.0. The monoisotopic (exact) mass is 477 g/mol. The van der Waals surface area contributed by atoms with E-state index >= 15 is 0 Å². The fourth-order valence-electron chi connectivity index (χ4n) is 3.74. The SMILES string of the molecule is N#Cc1nc(-c2cncc(Cl)c2)c2c(n1)c(I)cn2CC1CCCCC1. The molecule has 0 bridgehead atoms. The van der Waals surface area contributed by atoms with Crippen molar-refractivity contribution in [2.45, 2.75) is 38.6 Å². The van der Waals surface area contributed by atoms with Crippen molar-refractivity contribution in [2.24, 2.45) is 5.92 Å². The first kappa shape index (κ1) is 17.7. The highest BCUT2D eigenvalue weighted by Gasteiger charge is 2.21. The predicted molar refractivity (Wildman–Crippen MR) is 110 cm³/mol. The molecular formula is C19H17ClIN5. The summed E-state index contributed by atoms with van der Waals surface area (Å²) in [6.07, 6.45) is 11.9. The molecule has 3 heterocycles. The van der Waals surface area contributed by atoms with E-state index in [9.17, 15) is 5.26 Å². The molecule has 0 N–H and O–H groups in total. The highest BCUT2D eigenvalue weighted by atomic mass is 127. The topological polar surface area (TPSA) is 67.4 Å². The van der Waals surface area contributed by atoms with Crippen LogP contribution < -0.4 is 0 Å². The van der Waals surface area contributed by atoms with E-state index < -0.39 is 0 Å². The van der Waals surface area contributed by atoms with Gasteiger partial charge in [-0.25, -0.2) is 9.97 Å². The second-order valence-corrected chi connectivity index (χ2v) is 8.33. The largest absolute Gasteiger partial charge is 0.343 e. The quantitative estimate of drug-likeness (QED) is 0.486. The van der Waals surface area contributed by atoms with E-state index in [1.807, 2.05) is 6.07 Å². The zero-order chi connectivity index (χ0) is 18.1. The highest BCUT2D eigenvalue weighted by Crippen LogP contribution is 2.33. The molecule has 4 rings (SSSR count). The summed E-state index contributed by atoms with van der Waals surface area (Å²) in [5, 5.41) is 9.90. The second-order valence-electron chi connectivity index (χ2n) is 6.73. The fourth-order valence-corrected chi connectivity index (χ4v) is 4.63. The first-order valence-electron chi connectivity index (χ1n) is 8.73. The van der Waals surface area contributed by atoms with Crippen LogP contribution in [-0.4, -0.2) is 19.5 Å². The molecule has 0 spiro atoms. The van der Waals surface area contributed by atoms with E-state index in [0.717, 1.165) is 32.4 Å². The fraction of sp³-hybridized carbons (Fsp3) is 0.368. The van der Waals surface area contributed by atoms with Gasteiger partial charge >= 0.3 is 0 Å².